The summed E-state index contributed by atoms with van der Waals surface area (Å²) in [7, 11) is 1.53. The van der Waals surface area contributed by atoms with Crippen molar-refractivity contribution in [2.24, 2.45) is 0 Å². The molecule has 7 heteroatoms. The Balaban J connectivity index is 2.26. The summed E-state index contributed by atoms with van der Waals surface area (Å²) >= 11 is 5.18. The standard InChI is InChI=1S/C16H11F3N2OS/c1-22-13-6-3-10(4-7-13)15(23)21-12-5-2-11(9-20)14(8-12)16(17,18)19/h2-8H,1H3,(H,21,23). The number of anilines is 1. The van der Waals surface area contributed by atoms with Gasteiger partial charge in [-0.2, -0.15) is 18.4 Å². The van der Waals surface area contributed by atoms with Crippen molar-refractivity contribution in [3.05, 3.63) is 59.2 Å². The molecule has 118 valence electrons. The van der Waals surface area contributed by atoms with Gasteiger partial charge in [0.05, 0.1) is 24.3 Å². The van der Waals surface area contributed by atoms with Crippen molar-refractivity contribution in [3.63, 3.8) is 0 Å². The minimum Gasteiger partial charge on any atom is -0.497 e. The van der Waals surface area contributed by atoms with E-state index in [2.05, 4.69) is 5.32 Å². The van der Waals surface area contributed by atoms with E-state index in [0.717, 1.165) is 12.1 Å². The molecular formula is C16H11F3N2OS. The Labute approximate surface area is 136 Å². The van der Waals surface area contributed by atoms with Crippen molar-refractivity contribution in [2.75, 3.05) is 12.4 Å². The zero-order chi connectivity index (χ0) is 17.0. The minimum atomic E-state index is -4.61. The van der Waals surface area contributed by atoms with Gasteiger partial charge in [0.1, 0.15) is 10.7 Å². The fraction of sp³-hybridized carbons (Fsp3) is 0.125. The van der Waals surface area contributed by atoms with Gasteiger partial charge in [-0.25, -0.2) is 0 Å². The van der Waals surface area contributed by atoms with Crippen LogP contribution in [-0.4, -0.2) is 12.1 Å². The molecule has 0 heterocycles. The maximum Gasteiger partial charge on any atom is 0.417 e. The smallest absolute Gasteiger partial charge is 0.417 e. The number of methoxy groups -OCH3 is 1. The van der Waals surface area contributed by atoms with Crippen molar-refractivity contribution in [1.29, 1.82) is 5.26 Å². The normalized spacial score (nSPS) is 10.7. The molecule has 0 saturated heterocycles. The van der Waals surface area contributed by atoms with E-state index in [1.807, 2.05) is 0 Å². The fourth-order valence-electron chi connectivity index (χ4n) is 1.90. The van der Waals surface area contributed by atoms with Gasteiger partial charge in [0.15, 0.2) is 0 Å². The van der Waals surface area contributed by atoms with E-state index in [1.165, 1.54) is 19.2 Å². The summed E-state index contributed by atoms with van der Waals surface area (Å²) in [6, 6.07) is 11.7. The number of benzene rings is 2. The lowest BCUT2D eigenvalue weighted by molar-refractivity contribution is -0.137. The molecule has 0 radical (unpaired) electrons. The van der Waals surface area contributed by atoms with Crippen LogP contribution >= 0.6 is 12.2 Å². The Morgan fingerprint density at radius 1 is 1.17 bits per heavy atom. The van der Waals surface area contributed by atoms with Gasteiger partial charge in [-0.1, -0.05) is 12.2 Å². The number of nitrogens with zero attached hydrogens (tertiary/aromatic N) is 1. The highest BCUT2D eigenvalue weighted by Crippen LogP contribution is 2.33. The van der Waals surface area contributed by atoms with Gasteiger partial charge < -0.3 is 10.1 Å². The van der Waals surface area contributed by atoms with Gasteiger partial charge in [0.2, 0.25) is 0 Å². The number of nitrogens with one attached hydrogen (secondary N) is 1. The van der Waals surface area contributed by atoms with E-state index >= 15 is 0 Å². The molecule has 2 rings (SSSR count). The minimum absolute atomic E-state index is 0.164. The van der Waals surface area contributed by atoms with Crippen LogP contribution in [0.2, 0.25) is 0 Å². The second kappa shape index (κ2) is 6.67. The molecular weight excluding hydrogens is 325 g/mol. The lowest BCUT2D eigenvalue weighted by Crippen LogP contribution is -2.13. The van der Waals surface area contributed by atoms with Gasteiger partial charge in [0.25, 0.3) is 0 Å². The molecule has 0 aliphatic carbocycles. The van der Waals surface area contributed by atoms with E-state index < -0.39 is 17.3 Å². The van der Waals surface area contributed by atoms with Crippen LogP contribution in [0.15, 0.2) is 42.5 Å². The zero-order valence-electron chi connectivity index (χ0n) is 11.9. The summed E-state index contributed by atoms with van der Waals surface area (Å²) in [5.74, 6) is 0.647. The third-order valence-corrected chi connectivity index (χ3v) is 3.39. The molecule has 0 fully saturated rings. The molecule has 0 spiro atoms. The first-order valence-electron chi connectivity index (χ1n) is 6.42. The van der Waals surface area contributed by atoms with Gasteiger partial charge in [-0.05, 0) is 42.5 Å². The highest BCUT2D eigenvalue weighted by molar-refractivity contribution is 7.81. The predicted molar refractivity (Wildman–Crippen MR) is 84.5 cm³/mol. The SMILES string of the molecule is COc1ccc(C(=S)Nc2ccc(C#N)c(C(F)(F)F)c2)cc1. The highest BCUT2D eigenvalue weighted by atomic mass is 32.1. The number of thiocarbonyl (C=S) groups is 1. The zero-order valence-corrected chi connectivity index (χ0v) is 12.8. The molecule has 0 bridgehead atoms. The molecule has 0 atom stereocenters. The van der Waals surface area contributed by atoms with Gasteiger partial charge in [-0.3, -0.25) is 0 Å². The van der Waals surface area contributed by atoms with Crippen LogP contribution in [-0.2, 0) is 6.18 Å². The molecule has 3 nitrogen and oxygen atoms in total. The molecule has 1 N–H and O–H groups in total. The first kappa shape index (κ1) is 16.8. The van der Waals surface area contributed by atoms with Crippen LogP contribution in [0.25, 0.3) is 0 Å². The number of halogens is 3. The summed E-state index contributed by atoms with van der Waals surface area (Å²) in [5.41, 5.74) is -0.628. The summed E-state index contributed by atoms with van der Waals surface area (Å²) in [4.78, 5) is 0.269. The van der Waals surface area contributed by atoms with Crippen molar-refractivity contribution in [1.82, 2.24) is 0 Å². The number of alkyl halides is 3. The second-order valence-corrected chi connectivity index (χ2v) is 4.96. The van der Waals surface area contributed by atoms with Crippen LogP contribution in [0, 0.1) is 11.3 Å². The van der Waals surface area contributed by atoms with E-state index in [4.69, 9.17) is 22.2 Å². The molecule has 23 heavy (non-hydrogen) atoms. The second-order valence-electron chi connectivity index (χ2n) is 4.55. The van der Waals surface area contributed by atoms with Crippen LogP contribution in [0.4, 0.5) is 18.9 Å². The Kier molecular flexibility index (Phi) is 4.86. The first-order chi connectivity index (χ1) is 10.8. The van der Waals surface area contributed by atoms with Crippen LogP contribution in [0.3, 0.4) is 0 Å². The fourth-order valence-corrected chi connectivity index (χ4v) is 2.15. The maximum atomic E-state index is 12.9. The molecule has 0 aliphatic heterocycles. The topological polar surface area (TPSA) is 45.0 Å². The van der Waals surface area contributed by atoms with E-state index in [1.54, 1.807) is 24.3 Å². The summed E-state index contributed by atoms with van der Waals surface area (Å²) in [5, 5.41) is 11.5. The predicted octanol–water partition coefficient (Wildman–Crippen LogP) is 4.37. The Hall–Kier alpha value is -2.59. The van der Waals surface area contributed by atoms with Crippen LogP contribution < -0.4 is 10.1 Å². The number of ether oxygens (including phenoxy) is 1. The average molecular weight is 336 g/mol. The van der Waals surface area contributed by atoms with Gasteiger partial charge in [-0.15, -0.1) is 0 Å². The summed E-state index contributed by atoms with van der Waals surface area (Å²) in [6.07, 6.45) is -4.61. The average Bonchev–Trinajstić information content (AvgIpc) is 2.54. The third-order valence-electron chi connectivity index (χ3n) is 3.06. The Bertz CT molecular complexity index is 764. The largest absolute Gasteiger partial charge is 0.497 e. The number of hydrogen-bond donors (Lipinski definition) is 1. The van der Waals surface area contributed by atoms with Crippen molar-refractivity contribution in [2.45, 2.75) is 6.18 Å². The molecule has 2 aromatic rings. The van der Waals surface area contributed by atoms with Crippen molar-refractivity contribution < 1.29 is 17.9 Å². The van der Waals surface area contributed by atoms with Crippen LogP contribution in [0.5, 0.6) is 5.75 Å². The molecule has 2 aromatic carbocycles. The van der Waals surface area contributed by atoms with E-state index in [-0.39, 0.29) is 10.7 Å². The molecule has 0 aromatic heterocycles. The monoisotopic (exact) mass is 336 g/mol. The van der Waals surface area contributed by atoms with Crippen LogP contribution in [0.1, 0.15) is 16.7 Å². The summed E-state index contributed by atoms with van der Waals surface area (Å²) < 4.78 is 43.8. The first-order valence-corrected chi connectivity index (χ1v) is 6.82. The van der Waals surface area contributed by atoms with Gasteiger partial charge >= 0.3 is 6.18 Å². The third kappa shape index (κ3) is 3.99. The lowest BCUT2D eigenvalue weighted by atomic mass is 10.1. The van der Waals surface area contributed by atoms with Crippen molar-refractivity contribution >= 4 is 22.9 Å². The maximum absolute atomic E-state index is 12.9. The van der Waals surface area contributed by atoms with E-state index in [9.17, 15) is 13.2 Å². The lowest BCUT2D eigenvalue weighted by Gasteiger charge is -2.13. The Morgan fingerprint density at radius 2 is 1.83 bits per heavy atom. The number of hydrogen-bond acceptors (Lipinski definition) is 3. The molecule has 0 amide bonds. The Morgan fingerprint density at radius 3 is 2.35 bits per heavy atom. The number of rotatable bonds is 3. The summed E-state index contributed by atoms with van der Waals surface area (Å²) in [6.45, 7) is 0. The molecule has 0 saturated carbocycles. The number of nitriles is 1. The van der Waals surface area contributed by atoms with Crippen molar-refractivity contribution in [3.8, 4) is 11.8 Å². The highest BCUT2D eigenvalue weighted by Gasteiger charge is 2.33. The van der Waals surface area contributed by atoms with E-state index in [0.29, 0.717) is 11.3 Å². The quantitative estimate of drug-likeness (QED) is 0.845. The molecule has 0 aliphatic rings. The molecule has 0 unspecified atom stereocenters. The van der Waals surface area contributed by atoms with Gasteiger partial charge in [0, 0.05) is 11.3 Å².